The number of hydrogen-bond acceptors (Lipinski definition) is 7. The summed E-state index contributed by atoms with van der Waals surface area (Å²) in [5, 5.41) is 19.1. The van der Waals surface area contributed by atoms with Crippen LogP contribution in [-0.2, 0) is 14.6 Å². The first kappa shape index (κ1) is 24.3. The molecule has 4 aromatic carbocycles. The molecule has 0 bridgehead atoms. The molecule has 1 fully saturated rings. The fraction of sp³-hybridized carbons (Fsp3) is 0.0357. The third-order valence-corrected chi connectivity index (χ3v) is 7.79. The van der Waals surface area contributed by atoms with Crippen molar-refractivity contribution in [2.45, 2.75) is 5.37 Å². The Hall–Kier alpha value is -4.44. The minimum atomic E-state index is -4.19. The van der Waals surface area contributed by atoms with E-state index in [4.69, 9.17) is 4.74 Å². The lowest BCUT2D eigenvalue weighted by Crippen LogP contribution is -2.29. The van der Waals surface area contributed by atoms with Crippen LogP contribution in [0.15, 0.2) is 114 Å². The molecule has 0 radical (unpaired) electrons. The van der Waals surface area contributed by atoms with Crippen LogP contribution in [0, 0.1) is 5.21 Å². The van der Waals surface area contributed by atoms with Gasteiger partial charge in [0.05, 0.1) is 5.69 Å². The van der Waals surface area contributed by atoms with Crippen LogP contribution in [0.3, 0.4) is 0 Å². The highest BCUT2D eigenvalue weighted by atomic mass is 32.2. The van der Waals surface area contributed by atoms with E-state index in [1.165, 1.54) is 30.3 Å². The standard InChI is InChI=1S/C28H21N2O6S/c31-27-26(18-20-9-7-16-25(17-20)36-24-14-5-2-6-15-24)37(34,35)28(21-10-3-1-4-11-21)29(27)22-12-8-13-23(19-22)30(32)33/h1-19,28,32H/q-1/b26-18-. The summed E-state index contributed by atoms with van der Waals surface area (Å²) in [5.74, 6) is 0.338. The van der Waals surface area contributed by atoms with Gasteiger partial charge in [0.25, 0.3) is 5.91 Å². The molecule has 0 aliphatic carbocycles. The first-order valence-corrected chi connectivity index (χ1v) is 12.8. The first-order valence-electron chi connectivity index (χ1n) is 11.3. The van der Waals surface area contributed by atoms with Gasteiger partial charge < -0.3 is 15.2 Å². The van der Waals surface area contributed by atoms with E-state index >= 15 is 0 Å². The third-order valence-electron chi connectivity index (χ3n) is 5.81. The van der Waals surface area contributed by atoms with E-state index in [1.807, 2.05) is 18.2 Å². The lowest BCUT2D eigenvalue weighted by molar-refractivity contribution is -0.114. The van der Waals surface area contributed by atoms with E-state index in [2.05, 4.69) is 0 Å². The van der Waals surface area contributed by atoms with E-state index in [9.17, 15) is 23.6 Å². The van der Waals surface area contributed by atoms with Gasteiger partial charge in [-0.15, -0.1) is 0 Å². The molecule has 1 unspecified atom stereocenters. The van der Waals surface area contributed by atoms with Gasteiger partial charge in [0.1, 0.15) is 16.4 Å². The number of sulfone groups is 1. The van der Waals surface area contributed by atoms with Gasteiger partial charge in [-0.3, -0.25) is 14.9 Å². The Morgan fingerprint density at radius 2 is 1.49 bits per heavy atom. The summed E-state index contributed by atoms with van der Waals surface area (Å²) >= 11 is 0. The number of nitrogens with zero attached hydrogens (tertiary/aromatic N) is 2. The van der Waals surface area contributed by atoms with Gasteiger partial charge in [0.2, 0.25) is 9.84 Å². The maximum atomic E-state index is 13.8. The molecule has 37 heavy (non-hydrogen) atoms. The smallest absolute Gasteiger partial charge is 0.271 e. The van der Waals surface area contributed by atoms with E-state index in [1.54, 1.807) is 66.7 Å². The van der Waals surface area contributed by atoms with Gasteiger partial charge in [-0.05, 0) is 59.7 Å². The summed E-state index contributed by atoms with van der Waals surface area (Å²) in [5.41, 5.74) is 0.856. The second-order valence-corrected chi connectivity index (χ2v) is 10.2. The summed E-state index contributed by atoms with van der Waals surface area (Å²) in [6, 6.07) is 29.8. The minimum absolute atomic E-state index is 0.141. The quantitative estimate of drug-likeness (QED) is 0.261. The number of rotatable bonds is 6. The molecule has 186 valence electrons. The van der Waals surface area contributed by atoms with E-state index in [0.29, 0.717) is 22.6 Å². The highest BCUT2D eigenvalue weighted by Gasteiger charge is 2.50. The Kier molecular flexibility index (Phi) is 6.49. The number of amides is 1. The maximum absolute atomic E-state index is 13.8. The lowest BCUT2D eigenvalue weighted by atomic mass is 10.1. The fourth-order valence-corrected chi connectivity index (χ4v) is 6.05. The molecule has 1 aliphatic heterocycles. The summed E-state index contributed by atoms with van der Waals surface area (Å²) in [7, 11) is -4.19. The predicted molar refractivity (Wildman–Crippen MR) is 141 cm³/mol. The molecule has 1 saturated heterocycles. The van der Waals surface area contributed by atoms with Gasteiger partial charge in [-0.1, -0.05) is 66.7 Å². The Morgan fingerprint density at radius 1 is 0.838 bits per heavy atom. The Bertz CT molecular complexity index is 1570. The fourth-order valence-electron chi connectivity index (χ4n) is 4.15. The van der Waals surface area contributed by atoms with Crippen LogP contribution >= 0.6 is 0 Å². The van der Waals surface area contributed by atoms with Crippen molar-refractivity contribution in [2.75, 3.05) is 10.1 Å². The molecule has 5 rings (SSSR count). The number of hydrogen-bond donors (Lipinski definition) is 1. The molecule has 4 aromatic rings. The van der Waals surface area contributed by atoms with Crippen LogP contribution in [0.4, 0.5) is 11.4 Å². The Balaban J connectivity index is 1.60. The second-order valence-electron chi connectivity index (χ2n) is 8.27. The highest BCUT2D eigenvalue weighted by Crippen LogP contribution is 2.44. The van der Waals surface area contributed by atoms with Crippen LogP contribution in [0.1, 0.15) is 16.5 Å². The molecule has 0 aromatic heterocycles. The molecular formula is C28H21N2O6S-. The van der Waals surface area contributed by atoms with E-state index in [-0.39, 0.29) is 16.6 Å². The number of benzene rings is 4. The highest BCUT2D eigenvalue weighted by molar-refractivity contribution is 7.97. The largest absolute Gasteiger partial charge is 0.733 e. The lowest BCUT2D eigenvalue weighted by Gasteiger charge is -2.26. The summed E-state index contributed by atoms with van der Waals surface area (Å²) in [4.78, 5) is 14.4. The van der Waals surface area contributed by atoms with Gasteiger partial charge in [0, 0.05) is 5.69 Å². The van der Waals surface area contributed by atoms with E-state index in [0.717, 1.165) is 4.90 Å². The normalized spacial score (nSPS) is 17.7. The third kappa shape index (κ3) is 4.83. The van der Waals surface area contributed by atoms with Crippen molar-refractivity contribution in [1.29, 1.82) is 0 Å². The summed E-state index contributed by atoms with van der Waals surface area (Å²) in [6.07, 6.45) is 1.32. The monoisotopic (exact) mass is 513 g/mol. The molecule has 0 saturated carbocycles. The predicted octanol–water partition coefficient (Wildman–Crippen LogP) is 5.67. The summed E-state index contributed by atoms with van der Waals surface area (Å²) < 4.78 is 33.5. The molecule has 1 heterocycles. The number of ether oxygens (including phenoxy) is 1. The van der Waals surface area contributed by atoms with Gasteiger partial charge in [-0.2, -0.15) is 0 Å². The SMILES string of the molecule is O=C1/C(=C/c2cccc(Oc3ccccc3)c2)S(=O)(=O)C(c2ccccc2)N1c1cccc(N([O-])O)c1. The average molecular weight is 514 g/mol. The first-order chi connectivity index (χ1) is 17.8. The molecule has 9 heteroatoms. The topological polar surface area (TPSA) is 110 Å². The van der Waals surface area contributed by atoms with Crippen LogP contribution in [0.5, 0.6) is 11.5 Å². The van der Waals surface area contributed by atoms with Crippen LogP contribution in [0.25, 0.3) is 6.08 Å². The number of carbonyl (C=O) groups excluding carboxylic acids is 1. The zero-order valence-corrected chi connectivity index (χ0v) is 20.2. The van der Waals surface area contributed by atoms with Crippen LogP contribution < -0.4 is 14.9 Å². The van der Waals surface area contributed by atoms with Gasteiger partial charge in [-0.25, -0.2) is 8.42 Å². The maximum Gasteiger partial charge on any atom is 0.271 e. The van der Waals surface area contributed by atoms with E-state index < -0.39 is 26.0 Å². The zero-order chi connectivity index (χ0) is 26.0. The van der Waals surface area contributed by atoms with Crippen molar-refractivity contribution in [3.63, 3.8) is 0 Å². The van der Waals surface area contributed by atoms with Crippen molar-refractivity contribution in [1.82, 2.24) is 0 Å². The van der Waals surface area contributed by atoms with Crippen molar-refractivity contribution in [3.8, 4) is 11.5 Å². The van der Waals surface area contributed by atoms with Crippen LogP contribution in [-0.4, -0.2) is 19.5 Å². The molecule has 1 atom stereocenters. The Labute approximate surface area is 213 Å². The van der Waals surface area contributed by atoms with Crippen molar-refractivity contribution >= 4 is 33.2 Å². The van der Waals surface area contributed by atoms with Crippen molar-refractivity contribution in [3.05, 3.63) is 130 Å². The van der Waals surface area contributed by atoms with Crippen LogP contribution in [0.2, 0.25) is 0 Å². The summed E-state index contributed by atoms with van der Waals surface area (Å²) in [6.45, 7) is 0. The molecule has 1 N–H and O–H groups in total. The molecule has 1 amide bonds. The molecular weight excluding hydrogens is 492 g/mol. The number of carbonyl (C=O) groups is 1. The van der Waals surface area contributed by atoms with Crippen molar-refractivity contribution < 1.29 is 23.2 Å². The van der Waals surface area contributed by atoms with Gasteiger partial charge >= 0.3 is 0 Å². The zero-order valence-electron chi connectivity index (χ0n) is 19.3. The van der Waals surface area contributed by atoms with Crippen molar-refractivity contribution in [2.24, 2.45) is 0 Å². The minimum Gasteiger partial charge on any atom is -0.733 e. The number of anilines is 2. The molecule has 8 nitrogen and oxygen atoms in total. The Morgan fingerprint density at radius 3 is 2.19 bits per heavy atom. The number of para-hydroxylation sites is 1. The van der Waals surface area contributed by atoms with Gasteiger partial charge in [0.15, 0.2) is 5.37 Å². The molecule has 1 aliphatic rings. The second kappa shape index (κ2) is 9.90. The molecule has 0 spiro atoms. The average Bonchev–Trinajstić information content (AvgIpc) is 3.10.